The summed E-state index contributed by atoms with van der Waals surface area (Å²) in [5, 5.41) is 29.3. The van der Waals surface area contributed by atoms with E-state index in [1.807, 2.05) is 0 Å². The lowest BCUT2D eigenvalue weighted by Gasteiger charge is -2.16. The smallest absolute Gasteiger partial charge is 0.320 e. The number of anilines is 1. The topological polar surface area (TPSA) is 183 Å². The van der Waals surface area contributed by atoms with Gasteiger partial charge in [-0.25, -0.2) is 15.0 Å². The molecule has 0 aromatic carbocycles. The van der Waals surface area contributed by atoms with Crippen LogP contribution in [0.25, 0.3) is 11.2 Å². The standard InChI is InChI=1S/C14H20N6O5S/c15-6(14(23)24)1-2-26-3-7-9(21)10(22)13(25-7)20-5-19-8-11(16)17-4-18-12(8)20/h4-7,9-10,13,21-22H,1-3,15H2,(H,23,24)(H2,16,17,18)/t6?,7-,9+,10-,13-/m1/s1. The highest BCUT2D eigenvalue weighted by atomic mass is 32.2. The third-order valence-corrected chi connectivity index (χ3v) is 5.26. The molecule has 7 N–H and O–H groups in total. The predicted molar refractivity (Wildman–Crippen MR) is 93.2 cm³/mol. The minimum Gasteiger partial charge on any atom is -0.480 e. The fourth-order valence-electron chi connectivity index (χ4n) is 2.69. The first-order chi connectivity index (χ1) is 12.4. The van der Waals surface area contributed by atoms with Crippen molar-refractivity contribution in [2.75, 3.05) is 17.2 Å². The molecule has 1 aliphatic heterocycles. The monoisotopic (exact) mass is 384 g/mol. The van der Waals surface area contributed by atoms with Crippen molar-refractivity contribution in [2.45, 2.75) is 37.0 Å². The van der Waals surface area contributed by atoms with Gasteiger partial charge in [0.05, 0.1) is 12.4 Å². The SMILES string of the molecule is Nc1ncnc2c1ncn2[C@@H]1O[C@H](CSCCC(N)C(=O)O)[C@H](O)[C@H]1O. The molecule has 2 aromatic heterocycles. The number of nitrogens with two attached hydrogens (primary N) is 2. The molecule has 0 bridgehead atoms. The Morgan fingerprint density at radius 1 is 1.35 bits per heavy atom. The molecule has 3 rings (SSSR count). The molecule has 26 heavy (non-hydrogen) atoms. The predicted octanol–water partition coefficient (Wildman–Crippen LogP) is -1.44. The number of ether oxygens (including phenoxy) is 1. The molecule has 0 saturated carbocycles. The highest BCUT2D eigenvalue weighted by molar-refractivity contribution is 7.99. The van der Waals surface area contributed by atoms with Gasteiger partial charge in [-0.05, 0) is 12.2 Å². The fraction of sp³-hybridized carbons (Fsp3) is 0.571. The van der Waals surface area contributed by atoms with Gasteiger partial charge in [0.2, 0.25) is 0 Å². The molecule has 0 spiro atoms. The Hall–Kier alpha value is -1.99. The third kappa shape index (κ3) is 3.59. The van der Waals surface area contributed by atoms with E-state index >= 15 is 0 Å². The van der Waals surface area contributed by atoms with Gasteiger partial charge < -0.3 is 31.5 Å². The summed E-state index contributed by atoms with van der Waals surface area (Å²) in [4.78, 5) is 22.8. The molecule has 2 aromatic rings. The van der Waals surface area contributed by atoms with Gasteiger partial charge in [0.25, 0.3) is 0 Å². The number of carboxylic acids is 1. The molecule has 1 aliphatic rings. The molecule has 1 fully saturated rings. The molecular weight excluding hydrogens is 364 g/mol. The zero-order valence-corrected chi connectivity index (χ0v) is 14.5. The van der Waals surface area contributed by atoms with Gasteiger partial charge in [-0.1, -0.05) is 0 Å². The van der Waals surface area contributed by atoms with E-state index in [1.54, 1.807) is 0 Å². The highest BCUT2D eigenvalue weighted by Gasteiger charge is 2.44. The number of imidazole rings is 1. The summed E-state index contributed by atoms with van der Waals surface area (Å²) in [5.74, 6) is 0.0405. The second-order valence-corrected chi connectivity index (χ2v) is 7.09. The van der Waals surface area contributed by atoms with Crippen LogP contribution in [0.1, 0.15) is 12.6 Å². The first-order valence-electron chi connectivity index (χ1n) is 7.91. The molecule has 0 amide bonds. The molecular formula is C14H20N6O5S. The summed E-state index contributed by atoms with van der Waals surface area (Å²) in [7, 11) is 0. The number of aliphatic hydroxyl groups excluding tert-OH is 2. The Bertz CT molecular complexity index is 788. The van der Waals surface area contributed by atoms with Crippen LogP contribution in [0.2, 0.25) is 0 Å². The first-order valence-corrected chi connectivity index (χ1v) is 9.06. The second-order valence-electron chi connectivity index (χ2n) is 5.94. The summed E-state index contributed by atoms with van der Waals surface area (Å²) in [6.07, 6.45) is -0.747. The molecule has 12 heteroatoms. The van der Waals surface area contributed by atoms with Crippen molar-refractivity contribution in [3.63, 3.8) is 0 Å². The van der Waals surface area contributed by atoms with E-state index in [2.05, 4.69) is 15.0 Å². The van der Waals surface area contributed by atoms with E-state index in [0.29, 0.717) is 29.1 Å². The van der Waals surface area contributed by atoms with Gasteiger partial charge in [0, 0.05) is 5.75 Å². The maximum absolute atomic E-state index is 10.7. The van der Waals surface area contributed by atoms with Gasteiger partial charge in [0.1, 0.15) is 30.1 Å². The van der Waals surface area contributed by atoms with Crippen LogP contribution in [0.4, 0.5) is 5.82 Å². The van der Waals surface area contributed by atoms with Crippen LogP contribution < -0.4 is 11.5 Å². The summed E-state index contributed by atoms with van der Waals surface area (Å²) in [6.45, 7) is 0. The van der Waals surface area contributed by atoms with Crippen LogP contribution >= 0.6 is 11.8 Å². The number of aromatic nitrogens is 4. The number of carboxylic acid groups (broad SMARTS) is 1. The molecule has 5 atom stereocenters. The summed E-state index contributed by atoms with van der Waals surface area (Å²) >= 11 is 1.40. The van der Waals surface area contributed by atoms with Crippen LogP contribution in [0.3, 0.4) is 0 Å². The van der Waals surface area contributed by atoms with Crippen LogP contribution in [0, 0.1) is 0 Å². The Morgan fingerprint density at radius 2 is 2.12 bits per heavy atom. The van der Waals surface area contributed by atoms with Crippen LogP contribution in [-0.2, 0) is 9.53 Å². The van der Waals surface area contributed by atoms with Crippen molar-refractivity contribution in [1.29, 1.82) is 0 Å². The zero-order valence-electron chi connectivity index (χ0n) is 13.7. The molecule has 0 radical (unpaired) electrons. The minimum absolute atomic E-state index is 0.212. The largest absolute Gasteiger partial charge is 0.480 e. The number of fused-ring (bicyclic) bond motifs is 1. The maximum Gasteiger partial charge on any atom is 0.320 e. The molecule has 11 nitrogen and oxygen atoms in total. The van der Waals surface area contributed by atoms with Crippen molar-refractivity contribution in [3.05, 3.63) is 12.7 Å². The third-order valence-electron chi connectivity index (χ3n) is 4.17. The van der Waals surface area contributed by atoms with E-state index in [4.69, 9.17) is 21.3 Å². The number of nitrogens with zero attached hydrogens (tertiary/aromatic N) is 4. The number of rotatable bonds is 7. The van der Waals surface area contributed by atoms with Crippen molar-refractivity contribution < 1.29 is 24.9 Å². The first kappa shape index (κ1) is 18.8. The maximum atomic E-state index is 10.7. The minimum atomic E-state index is -1.17. The number of thioether (sulfide) groups is 1. The van der Waals surface area contributed by atoms with Crippen LogP contribution in [-0.4, -0.2) is 76.7 Å². The van der Waals surface area contributed by atoms with Crippen molar-refractivity contribution in [3.8, 4) is 0 Å². The van der Waals surface area contributed by atoms with Gasteiger partial charge >= 0.3 is 5.97 Å². The van der Waals surface area contributed by atoms with E-state index in [9.17, 15) is 15.0 Å². The average molecular weight is 384 g/mol. The number of carbonyl (C=O) groups is 1. The number of nitrogen functional groups attached to an aromatic ring is 1. The van der Waals surface area contributed by atoms with Crippen molar-refractivity contribution in [2.24, 2.45) is 5.73 Å². The van der Waals surface area contributed by atoms with Crippen molar-refractivity contribution >= 4 is 34.7 Å². The van der Waals surface area contributed by atoms with E-state index in [-0.39, 0.29) is 5.82 Å². The quantitative estimate of drug-likeness (QED) is 0.352. The van der Waals surface area contributed by atoms with Gasteiger partial charge in [-0.2, -0.15) is 11.8 Å². The fourth-order valence-corrected chi connectivity index (χ4v) is 3.78. The normalized spacial score (nSPS) is 27.0. The van der Waals surface area contributed by atoms with Gasteiger partial charge in [-0.15, -0.1) is 0 Å². The Balaban J connectivity index is 1.64. The van der Waals surface area contributed by atoms with Crippen molar-refractivity contribution in [1.82, 2.24) is 19.5 Å². The van der Waals surface area contributed by atoms with Crippen LogP contribution in [0.15, 0.2) is 12.7 Å². The van der Waals surface area contributed by atoms with E-state index < -0.39 is 36.6 Å². The second kappa shape index (κ2) is 7.72. The lowest BCUT2D eigenvalue weighted by molar-refractivity contribution is -0.138. The van der Waals surface area contributed by atoms with Gasteiger partial charge in [0.15, 0.2) is 17.7 Å². The molecule has 1 unspecified atom stereocenters. The molecule has 0 aliphatic carbocycles. The number of hydrogen-bond acceptors (Lipinski definition) is 10. The number of aliphatic hydroxyl groups is 2. The van der Waals surface area contributed by atoms with Crippen LogP contribution in [0.5, 0.6) is 0 Å². The Kier molecular flexibility index (Phi) is 5.58. The average Bonchev–Trinajstić information content (AvgIpc) is 3.15. The highest BCUT2D eigenvalue weighted by Crippen LogP contribution is 2.33. The zero-order chi connectivity index (χ0) is 18.8. The number of aliphatic carboxylic acids is 1. The Labute approximate surface area is 152 Å². The van der Waals surface area contributed by atoms with Gasteiger partial charge in [-0.3, -0.25) is 9.36 Å². The lowest BCUT2D eigenvalue weighted by atomic mass is 10.1. The number of hydrogen-bond donors (Lipinski definition) is 5. The molecule has 3 heterocycles. The lowest BCUT2D eigenvalue weighted by Crippen LogP contribution is -2.33. The summed E-state index contributed by atoms with van der Waals surface area (Å²) in [6, 6.07) is -0.919. The Morgan fingerprint density at radius 3 is 2.85 bits per heavy atom. The summed E-state index contributed by atoms with van der Waals surface area (Å²) in [5.41, 5.74) is 12.0. The molecule has 142 valence electrons. The summed E-state index contributed by atoms with van der Waals surface area (Å²) < 4.78 is 7.29. The van der Waals surface area contributed by atoms with E-state index in [0.717, 1.165) is 0 Å². The molecule has 1 saturated heterocycles. The van der Waals surface area contributed by atoms with E-state index in [1.165, 1.54) is 29.0 Å².